The number of carbonyl (C=O) groups is 2. The summed E-state index contributed by atoms with van der Waals surface area (Å²) in [5, 5.41) is 19.9. The lowest BCUT2D eigenvalue weighted by molar-refractivity contribution is -0.135. The van der Waals surface area contributed by atoms with Crippen molar-refractivity contribution in [3.8, 4) is 0 Å². The fourth-order valence-corrected chi connectivity index (χ4v) is 0.956. The Morgan fingerprint density at radius 2 is 1.79 bits per heavy atom. The number of hydrogen-bond acceptors (Lipinski definition) is 4. The Hall–Kier alpha value is -1.78. The molecule has 0 aromatic heterocycles. The van der Waals surface area contributed by atoms with Gasteiger partial charge in [0.15, 0.2) is 5.78 Å². The number of allylic oxidation sites excluding steroid dienone is 2. The van der Waals surface area contributed by atoms with Crippen LogP contribution in [0.3, 0.4) is 0 Å². The summed E-state index contributed by atoms with van der Waals surface area (Å²) in [5.74, 6) is -1.61. The molecule has 0 radical (unpaired) electrons. The summed E-state index contributed by atoms with van der Waals surface area (Å²) in [7, 11) is 0. The fraction of sp³-hybridized carbons (Fsp3) is 0.333. The Morgan fingerprint density at radius 1 is 1.29 bits per heavy atom. The third-order valence-corrected chi connectivity index (χ3v) is 1.47. The molecule has 0 aromatic rings. The van der Waals surface area contributed by atoms with E-state index in [2.05, 4.69) is 11.9 Å². The molecule has 3 N–H and O–H groups in total. The van der Waals surface area contributed by atoms with Gasteiger partial charge >= 0.3 is 5.97 Å². The molecule has 0 aromatic carbocycles. The molecular formula is C9H13NO4. The highest BCUT2D eigenvalue weighted by Crippen LogP contribution is 2.09. The second-order valence-electron chi connectivity index (χ2n) is 2.74. The molecule has 0 spiro atoms. The van der Waals surface area contributed by atoms with Gasteiger partial charge in [-0.05, 0) is 13.8 Å². The zero-order chi connectivity index (χ0) is 11.3. The summed E-state index contributed by atoms with van der Waals surface area (Å²) in [4.78, 5) is 21.2. The molecule has 0 saturated carbocycles. The van der Waals surface area contributed by atoms with Crippen molar-refractivity contribution in [2.24, 2.45) is 0 Å². The van der Waals surface area contributed by atoms with Gasteiger partial charge in [0.2, 0.25) is 0 Å². The van der Waals surface area contributed by atoms with E-state index in [0.717, 1.165) is 0 Å². The molecule has 0 aliphatic rings. The van der Waals surface area contributed by atoms with Gasteiger partial charge in [0, 0.05) is 5.70 Å². The Bertz CT molecular complexity index is 300. The molecule has 0 atom stereocenters. The Morgan fingerprint density at radius 3 is 2.07 bits per heavy atom. The number of aliphatic hydroxyl groups is 1. The van der Waals surface area contributed by atoms with Gasteiger partial charge in [-0.1, -0.05) is 6.58 Å². The molecule has 0 saturated heterocycles. The number of aliphatic hydroxyl groups excluding tert-OH is 1. The number of nitrogens with one attached hydrogen (secondary N) is 1. The lowest BCUT2D eigenvalue weighted by Crippen LogP contribution is -2.24. The first kappa shape index (κ1) is 12.2. The lowest BCUT2D eigenvalue weighted by atomic mass is 10.1. The van der Waals surface area contributed by atoms with Crippen molar-refractivity contribution >= 4 is 11.8 Å². The van der Waals surface area contributed by atoms with Gasteiger partial charge in [0.05, 0.1) is 5.57 Å². The number of carboxylic acid groups (broad SMARTS) is 1. The third-order valence-electron chi connectivity index (χ3n) is 1.47. The Kier molecular flexibility index (Phi) is 4.42. The normalized spacial score (nSPS) is 11.6. The van der Waals surface area contributed by atoms with E-state index in [1.165, 1.54) is 13.8 Å². The highest BCUT2D eigenvalue weighted by molar-refractivity contribution is 5.97. The molecule has 0 bridgehead atoms. The number of aliphatic carboxylic acids is 1. The van der Waals surface area contributed by atoms with Crippen molar-refractivity contribution in [2.75, 3.05) is 6.54 Å². The zero-order valence-corrected chi connectivity index (χ0v) is 8.13. The molecule has 0 heterocycles. The van der Waals surface area contributed by atoms with Gasteiger partial charge in [-0.2, -0.15) is 0 Å². The largest absolute Gasteiger partial charge is 0.512 e. The SMILES string of the molecule is C=C(NCC(=O)O)/C(C(C)=O)=C(/C)O. The fourth-order valence-electron chi connectivity index (χ4n) is 0.956. The van der Waals surface area contributed by atoms with Crippen LogP contribution in [-0.2, 0) is 9.59 Å². The summed E-state index contributed by atoms with van der Waals surface area (Å²) in [5.41, 5.74) is 0.131. The number of hydrogen-bond donors (Lipinski definition) is 3. The lowest BCUT2D eigenvalue weighted by Gasteiger charge is -2.09. The number of Topliss-reactive ketones (excluding diaryl/α,β-unsaturated/α-hetero) is 1. The van der Waals surface area contributed by atoms with E-state index in [9.17, 15) is 9.59 Å². The summed E-state index contributed by atoms with van der Waals surface area (Å²) < 4.78 is 0. The van der Waals surface area contributed by atoms with E-state index in [4.69, 9.17) is 10.2 Å². The molecule has 14 heavy (non-hydrogen) atoms. The van der Waals surface area contributed by atoms with Crippen LogP contribution in [0.4, 0.5) is 0 Å². The van der Waals surface area contributed by atoms with Crippen molar-refractivity contribution in [3.63, 3.8) is 0 Å². The first-order valence-corrected chi connectivity index (χ1v) is 3.92. The highest BCUT2D eigenvalue weighted by Gasteiger charge is 2.12. The van der Waals surface area contributed by atoms with Gasteiger partial charge in [-0.3, -0.25) is 9.59 Å². The maximum absolute atomic E-state index is 11.0. The number of carboxylic acids is 1. The van der Waals surface area contributed by atoms with Crippen LogP contribution in [0.1, 0.15) is 13.8 Å². The third kappa shape index (κ3) is 3.75. The van der Waals surface area contributed by atoms with Crippen molar-refractivity contribution in [1.82, 2.24) is 5.32 Å². The van der Waals surface area contributed by atoms with Crippen molar-refractivity contribution in [1.29, 1.82) is 0 Å². The molecule has 0 amide bonds. The van der Waals surface area contributed by atoms with Gasteiger partial charge in [0.1, 0.15) is 12.3 Å². The number of rotatable bonds is 5. The molecule has 0 rings (SSSR count). The van der Waals surface area contributed by atoms with Gasteiger partial charge < -0.3 is 15.5 Å². The first-order chi connectivity index (χ1) is 6.36. The van der Waals surface area contributed by atoms with Crippen LogP contribution in [0.2, 0.25) is 0 Å². The van der Waals surface area contributed by atoms with E-state index in [-0.39, 0.29) is 29.4 Å². The van der Waals surface area contributed by atoms with Crippen molar-refractivity contribution < 1.29 is 19.8 Å². The second-order valence-corrected chi connectivity index (χ2v) is 2.74. The van der Waals surface area contributed by atoms with Gasteiger partial charge in [0.25, 0.3) is 0 Å². The van der Waals surface area contributed by atoms with Gasteiger partial charge in [-0.15, -0.1) is 0 Å². The monoisotopic (exact) mass is 199 g/mol. The van der Waals surface area contributed by atoms with Gasteiger partial charge in [-0.25, -0.2) is 0 Å². The van der Waals surface area contributed by atoms with Crippen LogP contribution in [0.25, 0.3) is 0 Å². The molecule has 0 unspecified atom stereocenters. The Balaban J connectivity index is 4.57. The van der Waals surface area contributed by atoms with E-state index in [1.807, 2.05) is 0 Å². The molecule has 0 aliphatic heterocycles. The maximum atomic E-state index is 11.0. The first-order valence-electron chi connectivity index (χ1n) is 3.92. The minimum Gasteiger partial charge on any atom is -0.512 e. The van der Waals surface area contributed by atoms with Crippen LogP contribution < -0.4 is 5.32 Å². The van der Waals surface area contributed by atoms with E-state index in [0.29, 0.717) is 0 Å². The summed E-state index contributed by atoms with van der Waals surface area (Å²) in [6, 6.07) is 0. The topological polar surface area (TPSA) is 86.6 Å². The maximum Gasteiger partial charge on any atom is 0.322 e. The minimum absolute atomic E-state index is 0.0197. The van der Waals surface area contributed by atoms with Crippen LogP contribution >= 0.6 is 0 Å². The average molecular weight is 199 g/mol. The van der Waals surface area contributed by atoms with E-state index < -0.39 is 5.97 Å². The summed E-state index contributed by atoms with van der Waals surface area (Å²) in [6.45, 7) is 5.72. The summed E-state index contributed by atoms with van der Waals surface area (Å²) in [6.07, 6.45) is 0. The molecule has 0 aliphatic carbocycles. The van der Waals surface area contributed by atoms with Crippen LogP contribution in [0.5, 0.6) is 0 Å². The smallest absolute Gasteiger partial charge is 0.322 e. The minimum atomic E-state index is -1.07. The molecular weight excluding hydrogens is 186 g/mol. The van der Waals surface area contributed by atoms with Crippen LogP contribution in [-0.4, -0.2) is 28.5 Å². The van der Waals surface area contributed by atoms with Crippen LogP contribution in [0.15, 0.2) is 23.6 Å². The summed E-state index contributed by atoms with van der Waals surface area (Å²) >= 11 is 0. The van der Waals surface area contributed by atoms with Crippen molar-refractivity contribution in [3.05, 3.63) is 23.6 Å². The predicted octanol–water partition coefficient (Wildman–Crippen LogP) is 0.595. The molecule has 5 nitrogen and oxygen atoms in total. The number of ketones is 1. The predicted molar refractivity (Wildman–Crippen MR) is 50.8 cm³/mol. The Labute approximate surface area is 81.7 Å². The molecule has 5 heteroatoms. The second kappa shape index (κ2) is 5.06. The van der Waals surface area contributed by atoms with Crippen molar-refractivity contribution in [2.45, 2.75) is 13.8 Å². The highest BCUT2D eigenvalue weighted by atomic mass is 16.4. The van der Waals surface area contributed by atoms with Crippen LogP contribution in [0, 0.1) is 0 Å². The van der Waals surface area contributed by atoms with E-state index in [1.54, 1.807) is 0 Å². The van der Waals surface area contributed by atoms with E-state index >= 15 is 0 Å². The quantitative estimate of drug-likeness (QED) is 0.343. The average Bonchev–Trinajstić information content (AvgIpc) is 1.99. The molecule has 78 valence electrons. The standard InChI is InChI=1S/C9H13NO4/c1-5(10-4-8(13)14)9(6(2)11)7(3)12/h10-11H,1,4H2,2-3H3,(H,13,14)/b9-6+. The number of carbonyl (C=O) groups excluding carboxylic acids is 1. The zero-order valence-electron chi connectivity index (χ0n) is 8.13. The molecule has 0 fully saturated rings.